The second kappa shape index (κ2) is 11.5. The molecule has 1 aliphatic heterocycles. The van der Waals surface area contributed by atoms with Crippen molar-refractivity contribution in [2.75, 3.05) is 15.5 Å². The molecule has 0 spiro atoms. The zero-order valence-electron chi connectivity index (χ0n) is 21.7. The van der Waals surface area contributed by atoms with E-state index in [1.807, 2.05) is 98.5 Å². The topological polar surface area (TPSA) is 61.4 Å². The highest BCUT2D eigenvalue weighted by atomic mass is 32.2. The van der Waals surface area contributed by atoms with Gasteiger partial charge in [-0.15, -0.1) is 23.5 Å². The molecule has 5 nitrogen and oxygen atoms in total. The third kappa shape index (κ3) is 5.69. The van der Waals surface area contributed by atoms with Gasteiger partial charge in [0.15, 0.2) is 0 Å². The highest BCUT2D eigenvalue weighted by Gasteiger charge is 2.36. The first-order valence-corrected chi connectivity index (χ1v) is 14.5. The SMILES string of the molecule is CCC(Sc1cccc(NC(=O)N2c3ccccc3SC3C=CC=CC32)c1)C(=O)Nc1cc(C)ccc1C. The third-order valence-corrected chi connectivity index (χ3v) is 9.30. The Morgan fingerprint density at radius 1 is 0.974 bits per heavy atom. The van der Waals surface area contributed by atoms with Crippen molar-refractivity contribution in [1.82, 2.24) is 0 Å². The molecular formula is C31H31N3O2S2. The quantitative estimate of drug-likeness (QED) is 0.312. The largest absolute Gasteiger partial charge is 0.326 e. The highest BCUT2D eigenvalue weighted by molar-refractivity contribution is 8.00. The van der Waals surface area contributed by atoms with Gasteiger partial charge in [0.05, 0.1) is 22.2 Å². The molecule has 3 unspecified atom stereocenters. The van der Waals surface area contributed by atoms with E-state index in [4.69, 9.17) is 0 Å². The van der Waals surface area contributed by atoms with Gasteiger partial charge in [-0.3, -0.25) is 9.69 Å². The molecule has 0 saturated heterocycles. The van der Waals surface area contributed by atoms with Crippen molar-refractivity contribution < 1.29 is 9.59 Å². The van der Waals surface area contributed by atoms with E-state index in [0.29, 0.717) is 12.1 Å². The smallest absolute Gasteiger partial charge is 0.325 e. The van der Waals surface area contributed by atoms with Crippen LogP contribution in [0.3, 0.4) is 0 Å². The van der Waals surface area contributed by atoms with Gasteiger partial charge < -0.3 is 10.6 Å². The van der Waals surface area contributed by atoms with Crippen LogP contribution in [-0.2, 0) is 4.79 Å². The minimum absolute atomic E-state index is 0.0220. The number of rotatable bonds is 6. The number of amides is 3. The van der Waals surface area contributed by atoms with Crippen LogP contribution in [0.2, 0.25) is 0 Å². The standard InChI is InChI=1S/C31H31N3O2S2/c1-4-27(30(35)33-24-18-20(2)16-17-21(24)3)37-23-11-9-10-22(19-23)32-31(36)34-25-12-5-7-14-28(25)38-29-15-8-6-13-26(29)34/h5-19,25,27-28H,4H2,1-3H3,(H,32,36)(H,33,35). The van der Waals surface area contributed by atoms with Crippen molar-refractivity contribution in [2.45, 2.75) is 53.5 Å². The number of thioether (sulfide) groups is 2. The number of nitrogens with zero attached hydrogens (tertiary/aromatic N) is 1. The first-order chi connectivity index (χ1) is 18.4. The molecule has 7 heteroatoms. The van der Waals surface area contributed by atoms with Gasteiger partial charge in [-0.05, 0) is 67.8 Å². The molecular weight excluding hydrogens is 510 g/mol. The van der Waals surface area contributed by atoms with Gasteiger partial charge in [-0.2, -0.15) is 0 Å². The fourth-order valence-electron chi connectivity index (χ4n) is 4.63. The summed E-state index contributed by atoms with van der Waals surface area (Å²) in [7, 11) is 0. The van der Waals surface area contributed by atoms with E-state index in [-0.39, 0.29) is 28.5 Å². The number of benzene rings is 3. The van der Waals surface area contributed by atoms with Crippen LogP contribution >= 0.6 is 23.5 Å². The van der Waals surface area contributed by atoms with Crippen molar-refractivity contribution >= 4 is 52.5 Å². The molecule has 1 heterocycles. The van der Waals surface area contributed by atoms with Gasteiger partial charge in [0.25, 0.3) is 0 Å². The van der Waals surface area contributed by atoms with E-state index in [2.05, 4.69) is 28.9 Å². The Labute approximate surface area is 232 Å². The summed E-state index contributed by atoms with van der Waals surface area (Å²) < 4.78 is 0. The number of fused-ring (bicyclic) bond motifs is 2. The van der Waals surface area contributed by atoms with Gasteiger partial charge in [0, 0.05) is 21.2 Å². The van der Waals surface area contributed by atoms with Crippen LogP contribution in [0.25, 0.3) is 0 Å². The van der Waals surface area contributed by atoms with Crippen molar-refractivity contribution in [2.24, 2.45) is 0 Å². The molecule has 0 aromatic heterocycles. The Hall–Kier alpha value is -3.42. The number of carbonyl (C=O) groups is 2. The Morgan fingerprint density at radius 3 is 2.63 bits per heavy atom. The van der Waals surface area contributed by atoms with Gasteiger partial charge >= 0.3 is 6.03 Å². The first kappa shape index (κ1) is 26.2. The Balaban J connectivity index is 1.31. The minimum atomic E-state index is -0.258. The third-order valence-electron chi connectivity index (χ3n) is 6.64. The van der Waals surface area contributed by atoms with Crippen LogP contribution < -0.4 is 15.5 Å². The average molecular weight is 542 g/mol. The summed E-state index contributed by atoms with van der Waals surface area (Å²) in [4.78, 5) is 30.6. The number of anilines is 3. The lowest BCUT2D eigenvalue weighted by Crippen LogP contribution is -2.49. The number of hydrogen-bond donors (Lipinski definition) is 2. The van der Waals surface area contributed by atoms with Gasteiger partial charge in [-0.1, -0.05) is 61.6 Å². The van der Waals surface area contributed by atoms with Crippen LogP contribution in [0.5, 0.6) is 0 Å². The fraction of sp³-hybridized carbons (Fsp3) is 0.226. The number of hydrogen-bond acceptors (Lipinski definition) is 4. The summed E-state index contributed by atoms with van der Waals surface area (Å²) in [6.45, 7) is 6.03. The summed E-state index contributed by atoms with van der Waals surface area (Å²) >= 11 is 3.29. The number of carbonyl (C=O) groups excluding carboxylic acids is 2. The van der Waals surface area contributed by atoms with Gasteiger partial charge in [0.1, 0.15) is 0 Å². The van der Waals surface area contributed by atoms with Crippen molar-refractivity contribution in [3.05, 3.63) is 102 Å². The summed E-state index contributed by atoms with van der Waals surface area (Å²) in [6, 6.07) is 21.6. The number of nitrogens with one attached hydrogen (secondary N) is 2. The molecule has 0 saturated carbocycles. The van der Waals surface area contributed by atoms with Crippen molar-refractivity contribution in [3.8, 4) is 0 Å². The summed E-state index contributed by atoms with van der Waals surface area (Å²) in [5.41, 5.74) is 4.61. The van der Waals surface area contributed by atoms with Gasteiger partial charge in [-0.25, -0.2) is 4.79 Å². The van der Waals surface area contributed by atoms with E-state index in [1.165, 1.54) is 11.8 Å². The molecule has 0 radical (unpaired) electrons. The number of urea groups is 1. The summed E-state index contributed by atoms with van der Waals surface area (Å²) in [5.74, 6) is -0.0220. The van der Waals surface area contributed by atoms with Gasteiger partial charge in [0.2, 0.25) is 5.91 Å². The number of aryl methyl sites for hydroxylation is 2. The Morgan fingerprint density at radius 2 is 1.79 bits per heavy atom. The molecule has 1 aliphatic carbocycles. The maximum absolute atomic E-state index is 13.6. The maximum Gasteiger partial charge on any atom is 0.326 e. The van der Waals surface area contributed by atoms with E-state index in [9.17, 15) is 9.59 Å². The maximum atomic E-state index is 13.6. The van der Waals surface area contributed by atoms with Crippen molar-refractivity contribution in [1.29, 1.82) is 0 Å². The highest BCUT2D eigenvalue weighted by Crippen LogP contribution is 2.43. The molecule has 3 aromatic carbocycles. The van der Waals surface area contributed by atoms with Crippen LogP contribution in [0.4, 0.5) is 21.9 Å². The van der Waals surface area contributed by atoms with Crippen molar-refractivity contribution in [3.63, 3.8) is 0 Å². The zero-order chi connectivity index (χ0) is 26.6. The fourth-order valence-corrected chi connectivity index (χ4v) is 6.90. The Kier molecular flexibility index (Phi) is 7.95. The monoisotopic (exact) mass is 541 g/mol. The van der Waals surface area contributed by atoms with E-state index < -0.39 is 0 Å². The Bertz CT molecular complexity index is 1420. The second-order valence-electron chi connectivity index (χ2n) is 9.46. The summed E-state index contributed by atoms with van der Waals surface area (Å²) in [5, 5.41) is 6.12. The molecule has 2 aliphatic rings. The lowest BCUT2D eigenvalue weighted by atomic mass is 10.1. The average Bonchev–Trinajstić information content (AvgIpc) is 2.92. The molecule has 3 atom stereocenters. The predicted molar refractivity (Wildman–Crippen MR) is 161 cm³/mol. The molecule has 0 fully saturated rings. The number of para-hydroxylation sites is 1. The lowest BCUT2D eigenvalue weighted by molar-refractivity contribution is -0.115. The normalized spacial score (nSPS) is 18.3. The van der Waals surface area contributed by atoms with E-state index >= 15 is 0 Å². The molecule has 0 bridgehead atoms. The first-order valence-electron chi connectivity index (χ1n) is 12.8. The number of allylic oxidation sites excluding steroid dienone is 2. The molecule has 38 heavy (non-hydrogen) atoms. The molecule has 194 valence electrons. The predicted octanol–water partition coefficient (Wildman–Crippen LogP) is 7.82. The molecule has 3 aromatic rings. The lowest BCUT2D eigenvalue weighted by Gasteiger charge is -2.40. The minimum Gasteiger partial charge on any atom is -0.325 e. The van der Waals surface area contributed by atoms with Crippen LogP contribution in [0.1, 0.15) is 24.5 Å². The van der Waals surface area contributed by atoms with E-state index in [0.717, 1.165) is 32.3 Å². The molecule has 5 rings (SSSR count). The van der Waals surface area contributed by atoms with Crippen LogP contribution in [0, 0.1) is 13.8 Å². The summed E-state index contributed by atoms with van der Waals surface area (Å²) in [6.07, 6.45) is 8.96. The van der Waals surface area contributed by atoms with E-state index in [1.54, 1.807) is 11.8 Å². The second-order valence-corrected chi connectivity index (χ2v) is 12.0. The zero-order valence-corrected chi connectivity index (χ0v) is 23.3. The van der Waals surface area contributed by atoms with Crippen LogP contribution in [-0.4, -0.2) is 28.5 Å². The van der Waals surface area contributed by atoms with Crippen LogP contribution in [0.15, 0.2) is 101 Å². The molecule has 2 N–H and O–H groups in total. The molecule has 3 amide bonds.